The quantitative estimate of drug-likeness (QED) is 0.598. The second kappa shape index (κ2) is 6.77. The maximum atomic E-state index is 13.5. The molecule has 1 nitrogen and oxygen atoms in total. The van der Waals surface area contributed by atoms with Gasteiger partial charge in [0.25, 0.3) is 0 Å². The summed E-state index contributed by atoms with van der Waals surface area (Å²) in [6.07, 6.45) is 1.59. The van der Waals surface area contributed by atoms with Crippen molar-refractivity contribution in [1.82, 2.24) is 0 Å². The van der Waals surface area contributed by atoms with Gasteiger partial charge in [-0.3, -0.25) is 0 Å². The van der Waals surface area contributed by atoms with Gasteiger partial charge in [-0.1, -0.05) is 44.6 Å². The van der Waals surface area contributed by atoms with E-state index in [0.717, 1.165) is 31.7 Å². The highest BCUT2D eigenvalue weighted by Crippen LogP contribution is 2.35. The molecule has 0 spiro atoms. The van der Waals surface area contributed by atoms with Crippen LogP contribution in [0.4, 0.5) is 17.6 Å². The Balaban J connectivity index is 2.05. The van der Waals surface area contributed by atoms with Crippen molar-refractivity contribution >= 4 is 0 Å². The van der Waals surface area contributed by atoms with Gasteiger partial charge >= 0.3 is 6.18 Å². The molecule has 1 aliphatic carbocycles. The molecule has 1 aliphatic rings. The Labute approximate surface area is 122 Å². The lowest BCUT2D eigenvalue weighted by Gasteiger charge is -2.19. The summed E-state index contributed by atoms with van der Waals surface area (Å²) in [5.74, 6) is -0.951. The Hall–Kier alpha value is -1.10. The first-order valence-corrected chi connectivity index (χ1v) is 7.42. The van der Waals surface area contributed by atoms with Crippen LogP contribution in [0, 0.1) is 11.7 Å². The van der Waals surface area contributed by atoms with Crippen LogP contribution in [-0.4, -0.2) is 5.11 Å². The lowest BCUT2D eigenvalue weighted by atomic mass is 9.91. The number of aliphatic hydroxyl groups is 1. The zero-order valence-electron chi connectivity index (χ0n) is 11.8. The second-order valence-corrected chi connectivity index (χ2v) is 5.85. The van der Waals surface area contributed by atoms with E-state index in [1.54, 1.807) is 0 Å². The van der Waals surface area contributed by atoms with Crippen molar-refractivity contribution in [2.24, 2.45) is 5.92 Å². The van der Waals surface area contributed by atoms with E-state index in [-0.39, 0.29) is 5.56 Å². The van der Waals surface area contributed by atoms with E-state index in [1.807, 2.05) is 0 Å². The molecule has 1 saturated carbocycles. The zero-order chi connectivity index (χ0) is 15.5. The Bertz CT molecular complexity index is 462. The van der Waals surface area contributed by atoms with Crippen LogP contribution in [0.2, 0.25) is 0 Å². The fourth-order valence-electron chi connectivity index (χ4n) is 3.02. The van der Waals surface area contributed by atoms with Crippen molar-refractivity contribution < 1.29 is 22.7 Å². The predicted molar refractivity (Wildman–Crippen MR) is 72.2 cm³/mol. The molecule has 0 aliphatic heterocycles. The molecular formula is C16H20F4O. The number of hydrogen-bond acceptors (Lipinski definition) is 1. The van der Waals surface area contributed by atoms with E-state index < -0.39 is 23.7 Å². The Kier molecular flexibility index (Phi) is 5.25. The first-order chi connectivity index (χ1) is 9.88. The molecule has 1 atom stereocenters. The molecule has 1 fully saturated rings. The zero-order valence-corrected chi connectivity index (χ0v) is 11.8. The minimum absolute atomic E-state index is 0.227. The Morgan fingerprint density at radius 1 is 1.10 bits per heavy atom. The third-order valence-corrected chi connectivity index (χ3v) is 4.21. The average molecular weight is 304 g/mol. The summed E-state index contributed by atoms with van der Waals surface area (Å²) < 4.78 is 51.0. The fourth-order valence-corrected chi connectivity index (χ4v) is 3.02. The third kappa shape index (κ3) is 4.43. The first kappa shape index (κ1) is 16.3. The topological polar surface area (TPSA) is 20.2 Å². The highest BCUT2D eigenvalue weighted by molar-refractivity contribution is 5.27. The van der Waals surface area contributed by atoms with Gasteiger partial charge in [-0.25, -0.2) is 4.39 Å². The lowest BCUT2D eigenvalue weighted by molar-refractivity contribution is -0.140. The molecule has 0 radical (unpaired) electrons. The van der Waals surface area contributed by atoms with Crippen LogP contribution in [0.1, 0.15) is 62.2 Å². The lowest BCUT2D eigenvalue weighted by Crippen LogP contribution is -2.11. The molecule has 118 valence electrons. The molecule has 1 aromatic carbocycles. The van der Waals surface area contributed by atoms with Crippen molar-refractivity contribution in [1.29, 1.82) is 0 Å². The Morgan fingerprint density at radius 3 is 2.24 bits per heavy atom. The van der Waals surface area contributed by atoms with Crippen LogP contribution in [0.3, 0.4) is 0 Å². The van der Waals surface area contributed by atoms with E-state index in [9.17, 15) is 22.7 Å². The van der Waals surface area contributed by atoms with Crippen molar-refractivity contribution in [3.63, 3.8) is 0 Å². The van der Waals surface area contributed by atoms with Crippen molar-refractivity contribution in [3.05, 3.63) is 35.1 Å². The van der Waals surface area contributed by atoms with Gasteiger partial charge in [0, 0.05) is 0 Å². The number of rotatable bonds is 3. The summed E-state index contributed by atoms with van der Waals surface area (Å²) in [5.41, 5.74) is -1.06. The maximum Gasteiger partial charge on any atom is 0.419 e. The highest BCUT2D eigenvalue weighted by Gasteiger charge is 2.34. The normalized spacial score (nSPS) is 19.3. The number of hydrogen-bond donors (Lipinski definition) is 1. The standard InChI is InChI=1S/C16H20F4O/c17-14-10-12(7-8-13(14)16(18,19)20)15(21)9-11-5-3-1-2-4-6-11/h7-8,10-11,15,21H,1-6,9H2. The number of aliphatic hydroxyl groups excluding tert-OH is 1. The molecule has 0 amide bonds. The van der Waals surface area contributed by atoms with Gasteiger partial charge in [-0.05, 0) is 30.0 Å². The largest absolute Gasteiger partial charge is 0.419 e. The molecule has 21 heavy (non-hydrogen) atoms. The van der Waals surface area contributed by atoms with Crippen molar-refractivity contribution in [3.8, 4) is 0 Å². The second-order valence-electron chi connectivity index (χ2n) is 5.85. The van der Waals surface area contributed by atoms with Gasteiger partial charge in [-0.2, -0.15) is 13.2 Å². The number of halogens is 4. The first-order valence-electron chi connectivity index (χ1n) is 7.42. The van der Waals surface area contributed by atoms with Crippen LogP contribution in [0.15, 0.2) is 18.2 Å². The molecule has 1 unspecified atom stereocenters. The summed E-state index contributed by atoms with van der Waals surface area (Å²) in [4.78, 5) is 0. The smallest absolute Gasteiger partial charge is 0.388 e. The van der Waals surface area contributed by atoms with E-state index in [0.29, 0.717) is 18.4 Å². The Morgan fingerprint density at radius 2 is 1.71 bits per heavy atom. The highest BCUT2D eigenvalue weighted by atomic mass is 19.4. The predicted octanol–water partition coefficient (Wildman–Crippen LogP) is 5.24. The molecule has 1 N–H and O–H groups in total. The van der Waals surface area contributed by atoms with Gasteiger partial charge in [-0.15, -0.1) is 0 Å². The molecule has 0 aromatic heterocycles. The van der Waals surface area contributed by atoms with Gasteiger partial charge in [0.2, 0.25) is 0 Å². The number of alkyl halides is 3. The van der Waals surface area contributed by atoms with Crippen molar-refractivity contribution in [2.75, 3.05) is 0 Å². The van der Waals surface area contributed by atoms with E-state index in [1.165, 1.54) is 18.9 Å². The molecule has 0 saturated heterocycles. The van der Waals surface area contributed by atoms with Gasteiger partial charge < -0.3 is 5.11 Å². The molecule has 0 heterocycles. The minimum Gasteiger partial charge on any atom is -0.388 e. The molecule has 0 bridgehead atoms. The van der Waals surface area contributed by atoms with Crippen LogP contribution in [0.25, 0.3) is 0 Å². The minimum atomic E-state index is -4.70. The van der Waals surface area contributed by atoms with Crippen LogP contribution < -0.4 is 0 Å². The summed E-state index contributed by atoms with van der Waals surface area (Å²) >= 11 is 0. The maximum absolute atomic E-state index is 13.5. The van der Waals surface area contributed by atoms with Crippen LogP contribution in [-0.2, 0) is 6.18 Å². The molecular weight excluding hydrogens is 284 g/mol. The van der Waals surface area contributed by atoms with E-state index in [2.05, 4.69) is 0 Å². The summed E-state index contributed by atoms with van der Waals surface area (Å²) in [7, 11) is 0. The SMILES string of the molecule is OC(CC1CCCCCC1)c1ccc(C(F)(F)F)c(F)c1. The van der Waals surface area contributed by atoms with Crippen LogP contribution >= 0.6 is 0 Å². The third-order valence-electron chi connectivity index (χ3n) is 4.21. The van der Waals surface area contributed by atoms with E-state index in [4.69, 9.17) is 0 Å². The van der Waals surface area contributed by atoms with Gasteiger partial charge in [0.15, 0.2) is 0 Å². The van der Waals surface area contributed by atoms with Crippen molar-refractivity contribution in [2.45, 2.75) is 57.2 Å². The molecule has 5 heteroatoms. The van der Waals surface area contributed by atoms with Gasteiger partial charge in [0.05, 0.1) is 11.7 Å². The molecule has 1 aromatic rings. The number of benzene rings is 1. The average Bonchev–Trinajstić information content (AvgIpc) is 2.65. The van der Waals surface area contributed by atoms with Crippen LogP contribution in [0.5, 0.6) is 0 Å². The monoisotopic (exact) mass is 304 g/mol. The molecule has 2 rings (SSSR count). The fraction of sp³-hybridized carbons (Fsp3) is 0.625. The summed E-state index contributed by atoms with van der Waals surface area (Å²) in [5, 5.41) is 10.1. The summed E-state index contributed by atoms with van der Waals surface area (Å²) in [6.45, 7) is 0. The van der Waals surface area contributed by atoms with E-state index >= 15 is 0 Å². The summed E-state index contributed by atoms with van der Waals surface area (Å²) in [6, 6.07) is 2.69. The van der Waals surface area contributed by atoms with Gasteiger partial charge in [0.1, 0.15) is 5.82 Å².